The quantitative estimate of drug-likeness (QED) is 0.829. The van der Waals surface area contributed by atoms with Crippen LogP contribution in [0.1, 0.15) is 5.56 Å². The first kappa shape index (κ1) is 13.7. The van der Waals surface area contributed by atoms with Crippen LogP contribution in [0.3, 0.4) is 0 Å². The maximum absolute atomic E-state index is 12.7. The third-order valence-corrected chi connectivity index (χ3v) is 3.00. The smallest absolute Gasteiger partial charge is 0.246 e. The summed E-state index contributed by atoms with van der Waals surface area (Å²) >= 11 is 0. The van der Waals surface area contributed by atoms with Crippen molar-refractivity contribution in [1.82, 2.24) is 4.90 Å². The molecule has 1 aromatic rings. The normalized spacial score (nSPS) is 19.9. The van der Waals surface area contributed by atoms with Crippen molar-refractivity contribution in [2.75, 3.05) is 26.2 Å². The van der Waals surface area contributed by atoms with E-state index in [2.05, 4.69) is 0 Å². The molecule has 1 atom stereocenters. The van der Waals surface area contributed by atoms with Crippen molar-refractivity contribution in [2.24, 2.45) is 5.73 Å². The van der Waals surface area contributed by atoms with Gasteiger partial charge in [0.15, 0.2) is 0 Å². The van der Waals surface area contributed by atoms with Gasteiger partial charge >= 0.3 is 0 Å². The summed E-state index contributed by atoms with van der Waals surface area (Å²) in [5.74, 6) is -0.367. The number of nitrogens with two attached hydrogens (primary N) is 1. The zero-order valence-corrected chi connectivity index (χ0v) is 10.6. The number of carbonyl (C=O) groups is 1. The highest BCUT2D eigenvalue weighted by atomic mass is 19.1. The molecule has 0 spiro atoms. The van der Waals surface area contributed by atoms with Gasteiger partial charge in [0, 0.05) is 25.7 Å². The molecule has 1 aromatic carbocycles. The van der Waals surface area contributed by atoms with E-state index in [1.807, 2.05) is 0 Å². The summed E-state index contributed by atoms with van der Waals surface area (Å²) in [5.41, 5.74) is 6.32. The van der Waals surface area contributed by atoms with E-state index >= 15 is 0 Å². The summed E-state index contributed by atoms with van der Waals surface area (Å²) < 4.78 is 18.1. The van der Waals surface area contributed by atoms with E-state index in [4.69, 9.17) is 10.5 Å². The third-order valence-electron chi connectivity index (χ3n) is 3.00. The molecule has 0 radical (unpaired) electrons. The van der Waals surface area contributed by atoms with Crippen molar-refractivity contribution >= 4 is 12.0 Å². The molecule has 19 heavy (non-hydrogen) atoms. The van der Waals surface area contributed by atoms with Crippen molar-refractivity contribution in [3.05, 3.63) is 41.7 Å². The Kier molecular flexibility index (Phi) is 4.65. The van der Waals surface area contributed by atoms with Crippen LogP contribution < -0.4 is 5.73 Å². The zero-order chi connectivity index (χ0) is 13.7. The van der Waals surface area contributed by atoms with Gasteiger partial charge in [-0.3, -0.25) is 4.79 Å². The second kappa shape index (κ2) is 6.45. The Morgan fingerprint density at radius 2 is 2.21 bits per heavy atom. The number of halogens is 1. The Hall–Kier alpha value is -1.72. The van der Waals surface area contributed by atoms with Gasteiger partial charge < -0.3 is 15.4 Å². The number of hydrogen-bond acceptors (Lipinski definition) is 3. The number of hydrogen-bond donors (Lipinski definition) is 1. The minimum Gasteiger partial charge on any atom is -0.373 e. The Morgan fingerprint density at radius 1 is 1.47 bits per heavy atom. The molecule has 1 aliphatic heterocycles. The van der Waals surface area contributed by atoms with Crippen molar-refractivity contribution < 1.29 is 13.9 Å². The highest BCUT2D eigenvalue weighted by Gasteiger charge is 2.21. The number of amides is 1. The third kappa shape index (κ3) is 3.87. The second-order valence-electron chi connectivity index (χ2n) is 4.40. The van der Waals surface area contributed by atoms with Gasteiger partial charge in [0.25, 0.3) is 0 Å². The maximum atomic E-state index is 12.7. The predicted octanol–water partition coefficient (Wildman–Crippen LogP) is 1.02. The summed E-state index contributed by atoms with van der Waals surface area (Å²) in [6, 6.07) is 5.98. The van der Waals surface area contributed by atoms with Crippen LogP contribution in [-0.4, -0.2) is 43.2 Å². The number of carbonyl (C=O) groups excluding carboxylic acids is 1. The van der Waals surface area contributed by atoms with Gasteiger partial charge in [-0.1, -0.05) is 12.1 Å². The fourth-order valence-corrected chi connectivity index (χ4v) is 1.91. The Morgan fingerprint density at radius 3 is 2.89 bits per heavy atom. The predicted molar refractivity (Wildman–Crippen MR) is 70.8 cm³/mol. The fourth-order valence-electron chi connectivity index (χ4n) is 1.91. The topological polar surface area (TPSA) is 55.6 Å². The van der Waals surface area contributed by atoms with E-state index in [0.717, 1.165) is 5.56 Å². The number of ether oxygens (including phenoxy) is 1. The number of nitrogens with zero attached hydrogens (tertiary/aromatic N) is 1. The second-order valence-corrected chi connectivity index (χ2v) is 4.40. The molecule has 102 valence electrons. The van der Waals surface area contributed by atoms with Crippen molar-refractivity contribution in [3.63, 3.8) is 0 Å². The van der Waals surface area contributed by atoms with Gasteiger partial charge in [0.2, 0.25) is 5.91 Å². The van der Waals surface area contributed by atoms with Crippen LogP contribution in [0.4, 0.5) is 4.39 Å². The Labute approximate surface area is 111 Å². The van der Waals surface area contributed by atoms with Crippen LogP contribution >= 0.6 is 0 Å². The van der Waals surface area contributed by atoms with Gasteiger partial charge in [-0.15, -0.1) is 0 Å². The summed E-state index contributed by atoms with van der Waals surface area (Å²) in [7, 11) is 0. The molecule has 5 heteroatoms. The van der Waals surface area contributed by atoms with Gasteiger partial charge in [-0.25, -0.2) is 4.39 Å². The largest absolute Gasteiger partial charge is 0.373 e. The van der Waals surface area contributed by atoms with Crippen LogP contribution in [0.2, 0.25) is 0 Å². The molecule has 0 bridgehead atoms. The highest BCUT2D eigenvalue weighted by molar-refractivity contribution is 5.91. The average molecular weight is 264 g/mol. The molecule has 4 nitrogen and oxygen atoms in total. The minimum atomic E-state index is -0.289. The zero-order valence-electron chi connectivity index (χ0n) is 10.6. The summed E-state index contributed by atoms with van der Waals surface area (Å²) in [6.07, 6.45) is 3.08. The Bertz CT molecular complexity index is 459. The standard InChI is InChI=1S/C14H17FN2O2/c15-12-4-1-11(2-5-12)3-6-14(18)17-7-8-19-13(9-16)10-17/h1-6,13H,7-10,16H2/b6-3+. The highest BCUT2D eigenvalue weighted by Crippen LogP contribution is 2.08. The SMILES string of the molecule is NCC1CN(C(=O)/C=C/c2ccc(F)cc2)CCO1. The van der Waals surface area contributed by atoms with E-state index in [1.54, 1.807) is 23.1 Å². The average Bonchev–Trinajstić information content (AvgIpc) is 2.46. The minimum absolute atomic E-state index is 0.0777. The van der Waals surface area contributed by atoms with Crippen molar-refractivity contribution in [3.8, 4) is 0 Å². The molecule has 1 aliphatic rings. The van der Waals surface area contributed by atoms with Crippen LogP contribution in [0.15, 0.2) is 30.3 Å². The lowest BCUT2D eigenvalue weighted by Gasteiger charge is -2.31. The molecule has 1 amide bonds. The molecule has 0 aliphatic carbocycles. The van der Waals surface area contributed by atoms with E-state index < -0.39 is 0 Å². The summed E-state index contributed by atoms with van der Waals surface area (Å²) in [4.78, 5) is 13.7. The molecule has 1 unspecified atom stereocenters. The first-order valence-corrected chi connectivity index (χ1v) is 6.23. The Balaban J connectivity index is 1.94. The van der Waals surface area contributed by atoms with Gasteiger partial charge in [0.05, 0.1) is 12.7 Å². The van der Waals surface area contributed by atoms with Gasteiger partial charge in [-0.05, 0) is 23.8 Å². The first-order chi connectivity index (χ1) is 9.19. The van der Waals surface area contributed by atoms with Crippen LogP contribution in [0.25, 0.3) is 6.08 Å². The van der Waals surface area contributed by atoms with E-state index in [-0.39, 0.29) is 17.8 Å². The summed E-state index contributed by atoms with van der Waals surface area (Å²) in [5, 5.41) is 0. The van der Waals surface area contributed by atoms with Crippen LogP contribution in [0.5, 0.6) is 0 Å². The lowest BCUT2D eigenvalue weighted by atomic mass is 10.2. The van der Waals surface area contributed by atoms with E-state index in [9.17, 15) is 9.18 Å². The molecular formula is C14H17FN2O2. The van der Waals surface area contributed by atoms with Crippen molar-refractivity contribution in [2.45, 2.75) is 6.10 Å². The first-order valence-electron chi connectivity index (χ1n) is 6.23. The molecule has 0 aromatic heterocycles. The molecule has 1 fully saturated rings. The van der Waals surface area contributed by atoms with Gasteiger partial charge in [0.1, 0.15) is 5.82 Å². The van der Waals surface area contributed by atoms with Crippen LogP contribution in [-0.2, 0) is 9.53 Å². The van der Waals surface area contributed by atoms with E-state index in [1.165, 1.54) is 18.2 Å². The lowest BCUT2D eigenvalue weighted by Crippen LogP contribution is -2.47. The molecule has 2 rings (SSSR count). The monoisotopic (exact) mass is 264 g/mol. The molecule has 1 saturated heterocycles. The molecule has 1 heterocycles. The van der Waals surface area contributed by atoms with Gasteiger partial charge in [-0.2, -0.15) is 0 Å². The lowest BCUT2D eigenvalue weighted by molar-refractivity contribution is -0.133. The number of rotatable bonds is 3. The fraction of sp³-hybridized carbons (Fsp3) is 0.357. The maximum Gasteiger partial charge on any atom is 0.246 e. The number of morpholine rings is 1. The summed E-state index contributed by atoms with van der Waals surface area (Å²) in [6.45, 7) is 2.01. The molecular weight excluding hydrogens is 247 g/mol. The number of benzene rings is 1. The van der Waals surface area contributed by atoms with E-state index in [0.29, 0.717) is 26.2 Å². The molecule has 0 saturated carbocycles. The van der Waals surface area contributed by atoms with Crippen molar-refractivity contribution in [1.29, 1.82) is 0 Å². The molecule has 2 N–H and O–H groups in total. The van der Waals surface area contributed by atoms with Crippen LogP contribution in [0, 0.1) is 5.82 Å².